The summed E-state index contributed by atoms with van der Waals surface area (Å²) in [5.74, 6) is 0.358. The van der Waals surface area contributed by atoms with Gasteiger partial charge in [0.05, 0.1) is 0 Å². The maximum absolute atomic E-state index is 11.4. The Balaban J connectivity index is 1.95. The van der Waals surface area contributed by atoms with Gasteiger partial charge in [-0.05, 0) is 30.5 Å². The molecule has 1 aliphatic carbocycles. The van der Waals surface area contributed by atoms with Gasteiger partial charge < -0.3 is 5.32 Å². The number of carbonyl (C=O) groups excluding carboxylic acids is 1. The van der Waals surface area contributed by atoms with E-state index in [2.05, 4.69) is 5.32 Å². The maximum atomic E-state index is 11.4. The Morgan fingerprint density at radius 2 is 2.13 bits per heavy atom. The average molecular weight is 244 g/mol. The number of benzene rings is 1. The second-order valence-corrected chi connectivity index (χ2v) is 4.57. The molecular weight excluding hydrogens is 233 g/mol. The highest BCUT2D eigenvalue weighted by Gasteiger charge is 2.29. The molecule has 1 aromatic rings. The van der Waals surface area contributed by atoms with Gasteiger partial charge >= 0.3 is 0 Å². The Bertz CT molecular complexity index is 388. The van der Waals surface area contributed by atoms with Crippen molar-refractivity contribution in [1.29, 1.82) is 0 Å². The fraction of sp³-hybridized carbons (Fsp3) is 0.364. The topological polar surface area (TPSA) is 29.1 Å². The van der Waals surface area contributed by atoms with Crippen molar-refractivity contribution < 1.29 is 4.79 Å². The molecule has 1 saturated carbocycles. The van der Waals surface area contributed by atoms with E-state index < -0.39 is 0 Å². The molecule has 0 aromatic heterocycles. The van der Waals surface area contributed by atoms with Crippen LogP contribution < -0.4 is 5.32 Å². The van der Waals surface area contributed by atoms with E-state index in [1.165, 1.54) is 0 Å². The third kappa shape index (κ3) is 2.86. The van der Waals surface area contributed by atoms with Crippen LogP contribution in [0.4, 0.5) is 0 Å². The van der Waals surface area contributed by atoms with Crippen LogP contribution >= 0.6 is 23.2 Å². The fourth-order valence-corrected chi connectivity index (χ4v) is 1.81. The molecule has 1 fully saturated rings. The van der Waals surface area contributed by atoms with Gasteiger partial charge in [0.2, 0.25) is 5.91 Å². The van der Waals surface area contributed by atoms with Crippen molar-refractivity contribution in [2.24, 2.45) is 5.92 Å². The summed E-state index contributed by atoms with van der Waals surface area (Å²) in [6, 6.07) is 5.28. The Morgan fingerprint density at radius 1 is 1.40 bits per heavy atom. The molecule has 0 heterocycles. The van der Waals surface area contributed by atoms with Crippen molar-refractivity contribution in [1.82, 2.24) is 5.32 Å². The van der Waals surface area contributed by atoms with Crippen LogP contribution in [0, 0.1) is 5.92 Å². The molecule has 80 valence electrons. The number of amides is 1. The second kappa shape index (κ2) is 4.42. The Labute approximate surface area is 98.6 Å². The summed E-state index contributed by atoms with van der Waals surface area (Å²) in [7, 11) is 0. The molecule has 0 saturated heterocycles. The van der Waals surface area contributed by atoms with Crippen LogP contribution in [0.1, 0.15) is 18.4 Å². The zero-order valence-corrected chi connectivity index (χ0v) is 9.61. The van der Waals surface area contributed by atoms with Gasteiger partial charge in [-0.1, -0.05) is 29.3 Å². The number of hydrogen-bond donors (Lipinski definition) is 1. The molecule has 4 heteroatoms. The van der Waals surface area contributed by atoms with E-state index in [1.54, 1.807) is 12.1 Å². The van der Waals surface area contributed by atoms with Crippen LogP contribution in [0.2, 0.25) is 10.0 Å². The Hall–Kier alpha value is -0.730. The number of halogens is 2. The molecule has 0 spiro atoms. The number of rotatable bonds is 3. The van der Waals surface area contributed by atoms with Gasteiger partial charge in [-0.15, -0.1) is 0 Å². The first kappa shape index (κ1) is 10.8. The van der Waals surface area contributed by atoms with Gasteiger partial charge in [0.15, 0.2) is 0 Å². The molecule has 15 heavy (non-hydrogen) atoms. The zero-order chi connectivity index (χ0) is 10.8. The van der Waals surface area contributed by atoms with E-state index in [0.29, 0.717) is 16.6 Å². The summed E-state index contributed by atoms with van der Waals surface area (Å²) in [6.07, 6.45) is 2.03. The largest absolute Gasteiger partial charge is 0.352 e. The summed E-state index contributed by atoms with van der Waals surface area (Å²) in [4.78, 5) is 11.4. The first-order valence-electron chi connectivity index (χ1n) is 4.88. The fourth-order valence-electron chi connectivity index (χ4n) is 1.34. The highest BCUT2D eigenvalue weighted by Crippen LogP contribution is 2.29. The molecule has 0 bridgehead atoms. The second-order valence-electron chi connectivity index (χ2n) is 3.73. The maximum Gasteiger partial charge on any atom is 0.223 e. The van der Waals surface area contributed by atoms with Crippen molar-refractivity contribution in [2.75, 3.05) is 0 Å². The zero-order valence-electron chi connectivity index (χ0n) is 8.09. The summed E-state index contributed by atoms with van der Waals surface area (Å²) in [5, 5.41) is 4.06. The lowest BCUT2D eigenvalue weighted by atomic mass is 10.2. The minimum absolute atomic E-state index is 0.126. The predicted molar refractivity (Wildman–Crippen MR) is 61.0 cm³/mol. The predicted octanol–water partition coefficient (Wildman–Crippen LogP) is 3.02. The average Bonchev–Trinajstić information content (AvgIpc) is 2.99. The Kier molecular flexibility index (Phi) is 3.17. The molecule has 1 amide bonds. The minimum atomic E-state index is 0.126. The van der Waals surface area contributed by atoms with E-state index in [4.69, 9.17) is 23.2 Å². The van der Waals surface area contributed by atoms with E-state index in [-0.39, 0.29) is 11.8 Å². The van der Waals surface area contributed by atoms with Gasteiger partial charge in [0, 0.05) is 22.5 Å². The van der Waals surface area contributed by atoms with Crippen molar-refractivity contribution in [3.8, 4) is 0 Å². The lowest BCUT2D eigenvalue weighted by Gasteiger charge is -2.06. The Morgan fingerprint density at radius 3 is 2.73 bits per heavy atom. The lowest BCUT2D eigenvalue weighted by molar-refractivity contribution is -0.122. The molecule has 0 atom stereocenters. The summed E-state index contributed by atoms with van der Waals surface area (Å²) in [6.45, 7) is 0.478. The highest BCUT2D eigenvalue weighted by atomic mass is 35.5. The van der Waals surface area contributed by atoms with Crippen LogP contribution in [0.25, 0.3) is 0 Å². The molecule has 2 rings (SSSR count). The van der Waals surface area contributed by atoms with Crippen molar-refractivity contribution in [2.45, 2.75) is 19.4 Å². The minimum Gasteiger partial charge on any atom is -0.352 e. The van der Waals surface area contributed by atoms with Crippen LogP contribution in [0.15, 0.2) is 18.2 Å². The number of hydrogen-bond acceptors (Lipinski definition) is 1. The molecule has 0 unspecified atom stereocenters. The molecule has 1 N–H and O–H groups in total. The smallest absolute Gasteiger partial charge is 0.223 e. The van der Waals surface area contributed by atoms with Gasteiger partial charge in [-0.25, -0.2) is 0 Å². The van der Waals surface area contributed by atoms with Gasteiger partial charge in [0.1, 0.15) is 0 Å². The normalized spacial score (nSPS) is 15.1. The van der Waals surface area contributed by atoms with Crippen molar-refractivity contribution >= 4 is 29.1 Å². The van der Waals surface area contributed by atoms with Crippen LogP contribution in [0.5, 0.6) is 0 Å². The van der Waals surface area contributed by atoms with Crippen molar-refractivity contribution in [3.05, 3.63) is 33.8 Å². The van der Waals surface area contributed by atoms with Crippen molar-refractivity contribution in [3.63, 3.8) is 0 Å². The standard InChI is InChI=1S/C11H11Cl2NO/c12-9-4-3-8(10(13)5-9)6-14-11(15)7-1-2-7/h3-5,7H,1-2,6H2,(H,14,15). The summed E-state index contributed by atoms with van der Waals surface area (Å²) >= 11 is 11.7. The van der Waals surface area contributed by atoms with E-state index in [1.807, 2.05) is 6.07 Å². The lowest BCUT2D eigenvalue weighted by Crippen LogP contribution is -2.24. The van der Waals surface area contributed by atoms with E-state index in [0.717, 1.165) is 18.4 Å². The van der Waals surface area contributed by atoms with Gasteiger partial charge in [-0.2, -0.15) is 0 Å². The highest BCUT2D eigenvalue weighted by molar-refractivity contribution is 6.35. The van der Waals surface area contributed by atoms with Crippen LogP contribution in [-0.4, -0.2) is 5.91 Å². The van der Waals surface area contributed by atoms with Gasteiger partial charge in [0.25, 0.3) is 0 Å². The molecule has 0 aliphatic heterocycles. The monoisotopic (exact) mass is 243 g/mol. The van der Waals surface area contributed by atoms with Crippen LogP contribution in [0.3, 0.4) is 0 Å². The first-order valence-corrected chi connectivity index (χ1v) is 5.64. The number of nitrogens with one attached hydrogen (secondary N) is 1. The quantitative estimate of drug-likeness (QED) is 0.869. The molecule has 1 aromatic carbocycles. The molecule has 1 aliphatic rings. The third-order valence-corrected chi connectivity index (χ3v) is 3.00. The van der Waals surface area contributed by atoms with Crippen LogP contribution in [-0.2, 0) is 11.3 Å². The SMILES string of the molecule is O=C(NCc1ccc(Cl)cc1Cl)C1CC1. The summed E-state index contributed by atoms with van der Waals surface area (Å²) < 4.78 is 0. The molecule has 2 nitrogen and oxygen atoms in total. The van der Waals surface area contributed by atoms with Gasteiger partial charge in [-0.3, -0.25) is 4.79 Å². The molecule has 0 radical (unpaired) electrons. The van der Waals surface area contributed by atoms with E-state index >= 15 is 0 Å². The third-order valence-electron chi connectivity index (χ3n) is 2.42. The summed E-state index contributed by atoms with van der Waals surface area (Å²) in [5.41, 5.74) is 0.898. The number of carbonyl (C=O) groups is 1. The first-order chi connectivity index (χ1) is 7.16. The molecular formula is C11H11Cl2NO. The van der Waals surface area contributed by atoms with E-state index in [9.17, 15) is 4.79 Å².